The molecule has 0 amide bonds. The van der Waals surface area contributed by atoms with Crippen molar-refractivity contribution in [1.29, 1.82) is 0 Å². The summed E-state index contributed by atoms with van der Waals surface area (Å²) >= 11 is 0. The third-order valence-electron chi connectivity index (χ3n) is 5.40. The predicted octanol–water partition coefficient (Wildman–Crippen LogP) is 5.87. The van der Waals surface area contributed by atoms with Gasteiger partial charge in [-0.05, 0) is 71.0 Å². The number of aromatic nitrogens is 3. The van der Waals surface area contributed by atoms with E-state index in [1.807, 2.05) is 55.5 Å². The number of aromatic amines is 1. The van der Waals surface area contributed by atoms with Crippen LogP contribution >= 0.6 is 0 Å². The zero-order chi connectivity index (χ0) is 22.7. The number of hydrogen-bond donors (Lipinski definition) is 2. The highest BCUT2D eigenvalue weighted by atomic mass is 19.1. The maximum Gasteiger partial charge on any atom is 0.328 e. The second-order valence-corrected chi connectivity index (χ2v) is 7.46. The Morgan fingerprint density at radius 3 is 2.53 bits per heavy atom. The van der Waals surface area contributed by atoms with Crippen molar-refractivity contribution in [2.24, 2.45) is 0 Å². The highest BCUT2D eigenvalue weighted by Crippen LogP contribution is 2.38. The molecule has 160 valence electrons. The molecule has 6 heteroatoms. The molecule has 1 heterocycles. The van der Waals surface area contributed by atoms with E-state index < -0.39 is 5.97 Å². The summed E-state index contributed by atoms with van der Waals surface area (Å²) in [5, 5.41) is 20.2. The van der Waals surface area contributed by atoms with E-state index in [0.717, 1.165) is 62.5 Å². The first-order valence-electron chi connectivity index (χ1n) is 10.3. The molecular weight excluding hydrogens is 405 g/mol. The Labute approximate surface area is 184 Å². The Morgan fingerprint density at radius 1 is 1.06 bits per heavy atom. The maximum absolute atomic E-state index is 13.8. The first kappa shape index (κ1) is 21.2. The lowest BCUT2D eigenvalue weighted by atomic mass is 9.86. The van der Waals surface area contributed by atoms with Crippen molar-refractivity contribution in [1.82, 2.24) is 15.4 Å². The van der Waals surface area contributed by atoms with E-state index in [2.05, 4.69) is 22.3 Å². The van der Waals surface area contributed by atoms with Crippen LogP contribution in [0.3, 0.4) is 0 Å². The molecule has 0 atom stereocenters. The Hall–Kier alpha value is -4.06. The zero-order valence-corrected chi connectivity index (χ0v) is 17.8. The molecule has 5 nitrogen and oxygen atoms in total. The van der Waals surface area contributed by atoms with E-state index in [-0.39, 0.29) is 5.82 Å². The zero-order valence-electron chi connectivity index (χ0n) is 17.8. The summed E-state index contributed by atoms with van der Waals surface area (Å²) < 4.78 is 13.8. The lowest BCUT2D eigenvalue weighted by molar-refractivity contribution is -0.131. The predicted molar refractivity (Wildman–Crippen MR) is 124 cm³/mol. The van der Waals surface area contributed by atoms with Crippen LogP contribution in [0.4, 0.5) is 4.39 Å². The molecule has 0 saturated carbocycles. The van der Waals surface area contributed by atoms with Crippen molar-refractivity contribution < 1.29 is 14.3 Å². The molecule has 0 aliphatic rings. The second-order valence-electron chi connectivity index (χ2n) is 7.46. The molecule has 2 N–H and O–H groups in total. The number of H-pyrrole nitrogens is 1. The minimum atomic E-state index is -0.993. The number of para-hydroxylation sites is 1. The number of carboxylic acid groups (broad SMARTS) is 1. The minimum absolute atomic E-state index is 0.267. The summed E-state index contributed by atoms with van der Waals surface area (Å²) in [5.74, 6) is -1.26. The molecule has 0 aliphatic carbocycles. The van der Waals surface area contributed by atoms with Gasteiger partial charge in [-0.15, -0.1) is 0 Å². The van der Waals surface area contributed by atoms with E-state index in [9.17, 15) is 9.18 Å². The summed E-state index contributed by atoms with van der Waals surface area (Å²) in [6.07, 6.45) is 3.39. The SMILES string of the molecule is CC/C(=C(/c1ccc(/C=C/C(=O)O)cc1)c1cccc2n[nH]nc12)c1ccc(F)cc1C. The molecule has 0 spiro atoms. The van der Waals surface area contributed by atoms with E-state index in [0.29, 0.717) is 0 Å². The first-order valence-corrected chi connectivity index (χ1v) is 10.3. The standard InChI is InChI=1S/C26H22FN3O2/c1-3-20(21-13-12-19(27)15-16(21)2)25(22-5-4-6-23-26(22)29-30-28-23)18-10-7-17(8-11-18)9-14-24(31)32/h4-15H,3H2,1-2H3,(H,31,32)(H,28,29,30)/b14-9+,25-20+. The number of carboxylic acids is 1. The Balaban J connectivity index is 1.98. The van der Waals surface area contributed by atoms with Crippen molar-refractivity contribution in [2.45, 2.75) is 20.3 Å². The van der Waals surface area contributed by atoms with Crippen LogP contribution in [0.1, 0.15) is 41.2 Å². The number of nitrogens with zero attached hydrogens (tertiary/aromatic N) is 2. The van der Waals surface area contributed by atoms with Crippen LogP contribution in [0.5, 0.6) is 0 Å². The van der Waals surface area contributed by atoms with Gasteiger partial charge in [0, 0.05) is 11.6 Å². The number of aliphatic carboxylic acids is 1. The topological polar surface area (TPSA) is 78.9 Å². The largest absolute Gasteiger partial charge is 0.478 e. The monoisotopic (exact) mass is 427 g/mol. The molecule has 0 unspecified atom stereocenters. The third-order valence-corrected chi connectivity index (χ3v) is 5.40. The summed E-state index contributed by atoms with van der Waals surface area (Å²) in [5.41, 5.74) is 8.04. The fourth-order valence-electron chi connectivity index (χ4n) is 3.96. The van der Waals surface area contributed by atoms with Crippen LogP contribution in [0.25, 0.3) is 28.3 Å². The number of benzene rings is 3. The van der Waals surface area contributed by atoms with Crippen LogP contribution in [0, 0.1) is 12.7 Å². The van der Waals surface area contributed by atoms with Gasteiger partial charge in [0.1, 0.15) is 16.9 Å². The second kappa shape index (κ2) is 8.98. The molecular formula is C26H22FN3O2. The first-order chi connectivity index (χ1) is 15.5. The summed E-state index contributed by atoms with van der Waals surface area (Å²) in [4.78, 5) is 10.8. The summed E-state index contributed by atoms with van der Waals surface area (Å²) in [6.45, 7) is 3.98. The number of hydrogen-bond acceptors (Lipinski definition) is 3. The third kappa shape index (κ3) is 4.21. The Morgan fingerprint density at radius 2 is 1.84 bits per heavy atom. The highest BCUT2D eigenvalue weighted by molar-refractivity contribution is 6.05. The van der Waals surface area contributed by atoms with Crippen LogP contribution in [0.15, 0.2) is 66.7 Å². The van der Waals surface area contributed by atoms with E-state index in [4.69, 9.17) is 5.11 Å². The van der Waals surface area contributed by atoms with Gasteiger partial charge < -0.3 is 5.11 Å². The molecule has 0 bridgehead atoms. The van der Waals surface area contributed by atoms with Crippen molar-refractivity contribution in [2.75, 3.05) is 0 Å². The van der Waals surface area contributed by atoms with Crippen LogP contribution < -0.4 is 0 Å². The van der Waals surface area contributed by atoms with Crippen molar-refractivity contribution >= 4 is 34.2 Å². The van der Waals surface area contributed by atoms with E-state index >= 15 is 0 Å². The lowest BCUT2D eigenvalue weighted by Gasteiger charge is -2.18. The van der Waals surface area contributed by atoms with Crippen LogP contribution in [-0.4, -0.2) is 26.5 Å². The number of halogens is 1. The van der Waals surface area contributed by atoms with E-state index in [1.54, 1.807) is 12.1 Å². The smallest absolute Gasteiger partial charge is 0.328 e. The van der Waals surface area contributed by atoms with Crippen molar-refractivity contribution in [3.8, 4) is 0 Å². The molecule has 32 heavy (non-hydrogen) atoms. The Kier molecular flexibility index (Phi) is 5.94. The molecule has 4 aromatic rings. The molecule has 0 aliphatic heterocycles. The van der Waals surface area contributed by atoms with Gasteiger partial charge in [0.05, 0.1) is 0 Å². The average Bonchev–Trinajstić information content (AvgIpc) is 3.26. The number of fused-ring (bicyclic) bond motifs is 1. The van der Waals surface area contributed by atoms with Gasteiger partial charge in [0.2, 0.25) is 0 Å². The Bertz CT molecular complexity index is 1350. The van der Waals surface area contributed by atoms with Gasteiger partial charge in [0.25, 0.3) is 0 Å². The van der Waals surface area contributed by atoms with Gasteiger partial charge >= 0.3 is 5.97 Å². The van der Waals surface area contributed by atoms with Crippen molar-refractivity contribution in [3.63, 3.8) is 0 Å². The van der Waals surface area contributed by atoms with Gasteiger partial charge in [-0.25, -0.2) is 9.18 Å². The number of aryl methyl sites for hydroxylation is 1. The molecule has 4 rings (SSSR count). The average molecular weight is 427 g/mol. The summed E-state index contributed by atoms with van der Waals surface area (Å²) in [6, 6.07) is 18.4. The molecule has 0 radical (unpaired) electrons. The van der Waals surface area contributed by atoms with Gasteiger partial charge in [-0.1, -0.05) is 49.4 Å². The molecule has 0 saturated heterocycles. The quantitative estimate of drug-likeness (QED) is 0.298. The van der Waals surface area contributed by atoms with E-state index in [1.165, 1.54) is 6.07 Å². The van der Waals surface area contributed by atoms with Crippen LogP contribution in [-0.2, 0) is 4.79 Å². The fraction of sp³-hybridized carbons (Fsp3) is 0.115. The number of nitrogens with one attached hydrogen (secondary N) is 1. The summed E-state index contributed by atoms with van der Waals surface area (Å²) in [7, 11) is 0. The van der Waals surface area contributed by atoms with Gasteiger partial charge in [0.15, 0.2) is 0 Å². The van der Waals surface area contributed by atoms with Crippen molar-refractivity contribution in [3.05, 3.63) is 100 Å². The van der Waals surface area contributed by atoms with Crippen LogP contribution in [0.2, 0.25) is 0 Å². The molecule has 1 aromatic heterocycles. The maximum atomic E-state index is 13.8. The number of carbonyl (C=O) groups is 1. The molecule has 0 fully saturated rings. The van der Waals surface area contributed by atoms with Gasteiger partial charge in [-0.3, -0.25) is 0 Å². The normalized spacial score (nSPS) is 12.3. The number of allylic oxidation sites excluding steroid dienone is 1. The minimum Gasteiger partial charge on any atom is -0.478 e. The fourth-order valence-corrected chi connectivity index (χ4v) is 3.96. The molecule has 3 aromatic carbocycles. The highest BCUT2D eigenvalue weighted by Gasteiger charge is 2.18. The van der Waals surface area contributed by atoms with Gasteiger partial charge in [-0.2, -0.15) is 15.4 Å². The lowest BCUT2D eigenvalue weighted by Crippen LogP contribution is -1.98. The number of rotatable bonds is 6.